The number of hydrogen-bond acceptors (Lipinski definition) is 4. The van der Waals surface area contributed by atoms with Crippen molar-refractivity contribution in [2.45, 2.75) is 32.2 Å². The normalized spacial score (nSPS) is 21.0. The van der Waals surface area contributed by atoms with Crippen molar-refractivity contribution in [3.8, 4) is 0 Å². The molecule has 1 aromatic heterocycles. The van der Waals surface area contributed by atoms with Crippen LogP contribution in [0.3, 0.4) is 0 Å². The van der Waals surface area contributed by atoms with Crippen molar-refractivity contribution < 1.29 is 9.59 Å². The number of amides is 2. The molecule has 0 radical (unpaired) electrons. The van der Waals surface area contributed by atoms with E-state index in [0.29, 0.717) is 19.4 Å². The van der Waals surface area contributed by atoms with Crippen LogP contribution in [0.4, 0.5) is 0 Å². The van der Waals surface area contributed by atoms with Crippen molar-refractivity contribution in [3.63, 3.8) is 0 Å². The van der Waals surface area contributed by atoms with Crippen LogP contribution < -0.4 is 5.32 Å². The highest BCUT2D eigenvalue weighted by Gasteiger charge is 2.52. The average Bonchev–Trinajstić information content (AvgIpc) is 2.79. The van der Waals surface area contributed by atoms with Gasteiger partial charge in [0.2, 0.25) is 11.8 Å². The second kappa shape index (κ2) is 6.93. The van der Waals surface area contributed by atoms with Crippen LogP contribution in [0.25, 0.3) is 0 Å². The Kier molecular flexibility index (Phi) is 4.89. The average molecular weight is 333 g/mol. The van der Waals surface area contributed by atoms with Gasteiger partial charge in [0, 0.05) is 58.6 Å². The van der Waals surface area contributed by atoms with Crippen LogP contribution in [0, 0.1) is 5.41 Å². The van der Waals surface area contributed by atoms with Gasteiger partial charge in [-0.15, -0.1) is 0 Å². The molecule has 3 rings (SSSR count). The summed E-state index contributed by atoms with van der Waals surface area (Å²) in [4.78, 5) is 29.4. The molecule has 0 spiro atoms. The number of hydrogen-bond donors (Lipinski definition) is 1. The molecule has 2 heterocycles. The molecule has 7 heteroatoms. The lowest BCUT2D eigenvalue weighted by molar-refractivity contribution is -0.156. The van der Waals surface area contributed by atoms with Crippen molar-refractivity contribution >= 4 is 11.8 Å². The predicted molar refractivity (Wildman–Crippen MR) is 90.0 cm³/mol. The minimum absolute atomic E-state index is 0.0244. The first kappa shape index (κ1) is 17.0. The van der Waals surface area contributed by atoms with E-state index in [1.165, 1.54) is 5.56 Å². The summed E-state index contributed by atoms with van der Waals surface area (Å²) in [6, 6.07) is 0. The van der Waals surface area contributed by atoms with Gasteiger partial charge in [0.1, 0.15) is 5.41 Å². The topological polar surface area (TPSA) is 70.5 Å². The highest BCUT2D eigenvalue weighted by Crippen LogP contribution is 2.43. The second-order valence-corrected chi connectivity index (χ2v) is 6.96. The van der Waals surface area contributed by atoms with Crippen LogP contribution in [0.15, 0.2) is 12.4 Å². The van der Waals surface area contributed by atoms with E-state index in [9.17, 15) is 9.59 Å². The number of aromatic nitrogens is 2. The summed E-state index contributed by atoms with van der Waals surface area (Å²) in [5.74, 6) is -0.0912. The summed E-state index contributed by atoms with van der Waals surface area (Å²) in [6.45, 7) is 4.09. The van der Waals surface area contributed by atoms with Crippen LogP contribution in [-0.4, -0.2) is 64.6 Å². The Bertz CT molecular complexity index is 608. The summed E-state index contributed by atoms with van der Waals surface area (Å²) in [7, 11) is 3.54. The number of nitrogens with one attached hydrogen (secondary N) is 1. The van der Waals surface area contributed by atoms with E-state index in [-0.39, 0.29) is 11.8 Å². The van der Waals surface area contributed by atoms with Gasteiger partial charge in [-0.1, -0.05) is 6.42 Å². The zero-order valence-electron chi connectivity index (χ0n) is 14.6. The Hall–Kier alpha value is -1.89. The summed E-state index contributed by atoms with van der Waals surface area (Å²) in [5.41, 5.74) is 0.394. The van der Waals surface area contributed by atoms with Gasteiger partial charge < -0.3 is 10.2 Å². The summed E-state index contributed by atoms with van der Waals surface area (Å²) in [6.07, 6.45) is 7.18. The number of carbonyl (C=O) groups excluding carboxylic acids is 2. The van der Waals surface area contributed by atoms with Gasteiger partial charge in [0.25, 0.3) is 0 Å². The van der Waals surface area contributed by atoms with E-state index in [1.807, 2.05) is 29.0 Å². The van der Waals surface area contributed by atoms with Crippen LogP contribution in [0.2, 0.25) is 0 Å². The van der Waals surface area contributed by atoms with E-state index in [2.05, 4.69) is 15.3 Å². The molecular formula is C17H27N5O2. The molecule has 1 aliphatic heterocycles. The first-order valence-electron chi connectivity index (χ1n) is 8.76. The smallest absolute Gasteiger partial charge is 0.238 e. The van der Waals surface area contributed by atoms with Gasteiger partial charge >= 0.3 is 0 Å². The Morgan fingerprint density at radius 2 is 2.00 bits per heavy atom. The fourth-order valence-electron chi connectivity index (χ4n) is 3.75. The predicted octanol–water partition coefficient (Wildman–Crippen LogP) is 0.371. The molecule has 7 nitrogen and oxygen atoms in total. The first-order chi connectivity index (χ1) is 11.5. The van der Waals surface area contributed by atoms with Crippen molar-refractivity contribution in [3.05, 3.63) is 18.0 Å². The lowest BCUT2D eigenvalue weighted by atomic mass is 9.67. The van der Waals surface area contributed by atoms with Gasteiger partial charge in [0.15, 0.2) is 0 Å². The fourth-order valence-corrected chi connectivity index (χ4v) is 3.75. The van der Waals surface area contributed by atoms with E-state index in [0.717, 1.165) is 39.0 Å². The van der Waals surface area contributed by atoms with Gasteiger partial charge in [-0.25, -0.2) is 0 Å². The quantitative estimate of drug-likeness (QED) is 0.808. The molecule has 2 aliphatic rings. The van der Waals surface area contributed by atoms with Crippen LogP contribution in [-0.2, 0) is 23.2 Å². The number of rotatable bonds is 4. The van der Waals surface area contributed by atoms with Crippen LogP contribution in [0.5, 0.6) is 0 Å². The van der Waals surface area contributed by atoms with Crippen molar-refractivity contribution in [2.75, 3.05) is 33.2 Å². The molecule has 1 aliphatic carbocycles. The second-order valence-electron chi connectivity index (χ2n) is 6.96. The number of nitrogens with zero attached hydrogens (tertiary/aromatic N) is 4. The zero-order chi connectivity index (χ0) is 17.2. The third kappa shape index (κ3) is 3.17. The SMILES string of the molecule is CNC(=O)C1(C(=O)N2CCCN(Cc3cnn(C)c3)CC2)CCC1. The zero-order valence-corrected chi connectivity index (χ0v) is 14.6. The molecule has 0 bridgehead atoms. The van der Waals surface area contributed by atoms with E-state index in [4.69, 9.17) is 0 Å². The molecule has 1 saturated heterocycles. The third-order valence-electron chi connectivity index (χ3n) is 5.32. The monoisotopic (exact) mass is 333 g/mol. The highest BCUT2D eigenvalue weighted by molar-refractivity contribution is 6.05. The molecule has 1 aromatic rings. The maximum atomic E-state index is 13.0. The van der Waals surface area contributed by atoms with Gasteiger partial charge in [-0.2, -0.15) is 5.10 Å². The van der Waals surface area contributed by atoms with Gasteiger partial charge in [0.05, 0.1) is 6.20 Å². The maximum absolute atomic E-state index is 13.0. The third-order valence-corrected chi connectivity index (χ3v) is 5.32. The van der Waals surface area contributed by atoms with E-state index in [1.54, 1.807) is 7.05 Å². The number of aryl methyl sites for hydroxylation is 1. The Labute approximate surface area is 143 Å². The molecule has 1 N–H and O–H groups in total. The molecule has 2 amide bonds. The van der Waals surface area contributed by atoms with Crippen LogP contribution >= 0.6 is 0 Å². The van der Waals surface area contributed by atoms with Gasteiger partial charge in [-0.3, -0.25) is 19.2 Å². The Morgan fingerprint density at radius 3 is 2.58 bits per heavy atom. The molecule has 1 saturated carbocycles. The van der Waals surface area contributed by atoms with Crippen molar-refractivity contribution in [2.24, 2.45) is 12.5 Å². The van der Waals surface area contributed by atoms with E-state index < -0.39 is 5.41 Å². The molecular weight excluding hydrogens is 306 g/mol. The molecule has 0 aromatic carbocycles. The standard InChI is InChI=1S/C17H27N5O2/c1-18-15(23)17(5-3-6-17)16(24)22-8-4-7-21(9-10-22)13-14-11-19-20(2)12-14/h11-12H,3-10,13H2,1-2H3,(H,18,23). The summed E-state index contributed by atoms with van der Waals surface area (Å²) < 4.78 is 1.81. The highest BCUT2D eigenvalue weighted by atomic mass is 16.2. The molecule has 2 fully saturated rings. The molecule has 0 atom stereocenters. The molecule has 132 valence electrons. The minimum atomic E-state index is -0.798. The fraction of sp³-hybridized carbons (Fsp3) is 0.706. The lowest BCUT2D eigenvalue weighted by Gasteiger charge is -2.41. The summed E-state index contributed by atoms with van der Waals surface area (Å²) >= 11 is 0. The van der Waals surface area contributed by atoms with Gasteiger partial charge in [-0.05, 0) is 19.3 Å². The first-order valence-corrected chi connectivity index (χ1v) is 8.76. The minimum Gasteiger partial charge on any atom is -0.358 e. The largest absolute Gasteiger partial charge is 0.358 e. The Balaban J connectivity index is 1.60. The summed E-state index contributed by atoms with van der Waals surface area (Å²) in [5, 5.41) is 6.89. The maximum Gasteiger partial charge on any atom is 0.238 e. The lowest BCUT2D eigenvalue weighted by Crippen LogP contribution is -2.56. The van der Waals surface area contributed by atoms with Crippen molar-refractivity contribution in [1.29, 1.82) is 0 Å². The van der Waals surface area contributed by atoms with Crippen molar-refractivity contribution in [1.82, 2.24) is 24.9 Å². The number of carbonyl (C=O) groups is 2. The molecule has 24 heavy (non-hydrogen) atoms. The molecule has 0 unspecified atom stereocenters. The van der Waals surface area contributed by atoms with Crippen LogP contribution in [0.1, 0.15) is 31.2 Å². The van der Waals surface area contributed by atoms with E-state index >= 15 is 0 Å². The Morgan fingerprint density at radius 1 is 1.21 bits per heavy atom.